The number of nitrogens with one attached hydrogen (secondary N) is 1. The lowest BCUT2D eigenvalue weighted by atomic mass is 10.0. The number of halogens is 3. The van der Waals surface area contributed by atoms with Crippen LogP contribution in [0.2, 0.25) is 10.0 Å². The Bertz CT molecular complexity index is 1100. The standard InChI is InChI=1S/C27H27BrCl2N2O2/c1-18(2)31-27(34)25(15-19-7-4-3-5-8-19)32(17-20-11-13-21(28)14-12-20)26(33)16-22-23(29)9-6-10-24(22)30/h3-14,18,25H,15-17H2,1-2H3,(H,31,34)/t25-/m0/s1. The van der Waals surface area contributed by atoms with E-state index in [1.54, 1.807) is 23.1 Å². The zero-order chi connectivity index (χ0) is 24.7. The maximum absolute atomic E-state index is 13.7. The largest absolute Gasteiger partial charge is 0.352 e. The Labute approximate surface area is 219 Å². The van der Waals surface area contributed by atoms with Crippen LogP contribution in [0.3, 0.4) is 0 Å². The summed E-state index contributed by atoms with van der Waals surface area (Å²) < 4.78 is 0.940. The fourth-order valence-electron chi connectivity index (χ4n) is 3.68. The Morgan fingerprint density at radius 2 is 1.50 bits per heavy atom. The van der Waals surface area contributed by atoms with Crippen LogP contribution < -0.4 is 5.32 Å². The Morgan fingerprint density at radius 1 is 0.882 bits per heavy atom. The molecule has 0 spiro atoms. The molecule has 7 heteroatoms. The second kappa shape index (κ2) is 12.4. The molecule has 0 unspecified atom stereocenters. The zero-order valence-electron chi connectivity index (χ0n) is 19.1. The molecule has 0 aliphatic rings. The molecule has 178 valence electrons. The molecule has 0 aliphatic carbocycles. The van der Waals surface area contributed by atoms with Crippen molar-refractivity contribution in [1.29, 1.82) is 0 Å². The van der Waals surface area contributed by atoms with Gasteiger partial charge >= 0.3 is 0 Å². The lowest BCUT2D eigenvalue weighted by Gasteiger charge is -2.32. The van der Waals surface area contributed by atoms with Gasteiger partial charge < -0.3 is 10.2 Å². The number of benzene rings is 3. The van der Waals surface area contributed by atoms with Crippen LogP contribution in [0.25, 0.3) is 0 Å². The van der Waals surface area contributed by atoms with Crippen molar-refractivity contribution < 1.29 is 9.59 Å². The molecule has 34 heavy (non-hydrogen) atoms. The first-order valence-electron chi connectivity index (χ1n) is 11.1. The molecule has 0 radical (unpaired) electrons. The molecule has 1 atom stereocenters. The first-order chi connectivity index (χ1) is 16.2. The lowest BCUT2D eigenvalue weighted by molar-refractivity contribution is -0.141. The van der Waals surface area contributed by atoms with Crippen molar-refractivity contribution in [2.45, 2.75) is 45.3 Å². The summed E-state index contributed by atoms with van der Waals surface area (Å²) in [5, 5.41) is 3.84. The van der Waals surface area contributed by atoms with Gasteiger partial charge in [0.25, 0.3) is 0 Å². The third-order valence-electron chi connectivity index (χ3n) is 5.36. The molecule has 0 aliphatic heterocycles. The molecule has 2 amide bonds. The fraction of sp³-hybridized carbons (Fsp3) is 0.259. The third-order valence-corrected chi connectivity index (χ3v) is 6.59. The summed E-state index contributed by atoms with van der Waals surface area (Å²) in [5.74, 6) is -0.424. The van der Waals surface area contributed by atoms with Crippen molar-refractivity contribution in [1.82, 2.24) is 10.2 Å². The predicted octanol–water partition coefficient (Wildman–Crippen LogP) is 6.46. The molecule has 3 aromatic rings. The fourth-order valence-corrected chi connectivity index (χ4v) is 4.47. The van der Waals surface area contributed by atoms with Gasteiger partial charge in [-0.3, -0.25) is 9.59 Å². The van der Waals surface area contributed by atoms with Crippen molar-refractivity contribution in [2.24, 2.45) is 0 Å². The summed E-state index contributed by atoms with van der Waals surface area (Å²) >= 11 is 16.2. The molecule has 0 saturated heterocycles. The number of amides is 2. The highest BCUT2D eigenvalue weighted by Crippen LogP contribution is 2.26. The maximum Gasteiger partial charge on any atom is 0.243 e. The van der Waals surface area contributed by atoms with Crippen molar-refractivity contribution >= 4 is 50.9 Å². The molecular formula is C27H27BrCl2N2O2. The number of carbonyl (C=O) groups excluding carboxylic acids is 2. The Hall–Kier alpha value is -2.34. The second-order valence-electron chi connectivity index (χ2n) is 8.39. The van der Waals surface area contributed by atoms with Gasteiger partial charge in [-0.05, 0) is 54.8 Å². The molecule has 4 nitrogen and oxygen atoms in total. The van der Waals surface area contributed by atoms with Gasteiger partial charge in [0.1, 0.15) is 6.04 Å². The SMILES string of the molecule is CC(C)NC(=O)[C@H](Cc1ccccc1)N(Cc1ccc(Br)cc1)C(=O)Cc1c(Cl)cccc1Cl. The summed E-state index contributed by atoms with van der Waals surface area (Å²) in [4.78, 5) is 28.7. The number of nitrogens with zero attached hydrogens (tertiary/aromatic N) is 1. The smallest absolute Gasteiger partial charge is 0.243 e. The average molecular weight is 562 g/mol. The Morgan fingerprint density at radius 3 is 2.09 bits per heavy atom. The van der Waals surface area contributed by atoms with Crippen LogP contribution in [0.4, 0.5) is 0 Å². The summed E-state index contributed by atoms with van der Waals surface area (Å²) in [6.45, 7) is 4.08. The van der Waals surface area contributed by atoms with Gasteiger partial charge in [-0.15, -0.1) is 0 Å². The van der Waals surface area contributed by atoms with E-state index in [4.69, 9.17) is 23.2 Å². The van der Waals surface area contributed by atoms with Crippen LogP contribution in [0.5, 0.6) is 0 Å². The minimum absolute atomic E-state index is 0.00468. The molecule has 3 aromatic carbocycles. The maximum atomic E-state index is 13.7. The number of hydrogen-bond donors (Lipinski definition) is 1. The Balaban J connectivity index is 2.00. The quantitative estimate of drug-likeness (QED) is 0.326. The van der Waals surface area contributed by atoms with E-state index < -0.39 is 6.04 Å². The molecule has 0 heterocycles. The van der Waals surface area contributed by atoms with Crippen LogP contribution >= 0.6 is 39.1 Å². The Kier molecular flexibility index (Phi) is 9.57. The van der Waals surface area contributed by atoms with Gasteiger partial charge in [0.2, 0.25) is 11.8 Å². The molecule has 3 rings (SSSR count). The average Bonchev–Trinajstić information content (AvgIpc) is 2.80. The van der Waals surface area contributed by atoms with Crippen LogP contribution in [-0.4, -0.2) is 28.8 Å². The van der Waals surface area contributed by atoms with Gasteiger partial charge in [-0.1, -0.05) is 87.7 Å². The van der Waals surface area contributed by atoms with Crippen molar-refractivity contribution in [3.63, 3.8) is 0 Å². The highest BCUT2D eigenvalue weighted by Gasteiger charge is 2.31. The first-order valence-corrected chi connectivity index (χ1v) is 12.6. The minimum atomic E-state index is -0.706. The minimum Gasteiger partial charge on any atom is -0.352 e. The van der Waals surface area contributed by atoms with Gasteiger partial charge in [-0.25, -0.2) is 0 Å². The normalized spacial score (nSPS) is 11.8. The molecule has 0 bridgehead atoms. The molecule has 1 N–H and O–H groups in total. The summed E-state index contributed by atoms with van der Waals surface area (Å²) in [6, 6.07) is 21.8. The second-order valence-corrected chi connectivity index (χ2v) is 10.1. The highest BCUT2D eigenvalue weighted by molar-refractivity contribution is 9.10. The van der Waals surface area contributed by atoms with E-state index in [0.29, 0.717) is 22.0 Å². The van der Waals surface area contributed by atoms with Crippen LogP contribution in [-0.2, 0) is 29.0 Å². The van der Waals surface area contributed by atoms with E-state index in [-0.39, 0.29) is 30.8 Å². The van der Waals surface area contributed by atoms with Gasteiger partial charge in [0, 0.05) is 33.5 Å². The molecular weight excluding hydrogens is 535 g/mol. The topological polar surface area (TPSA) is 49.4 Å². The van der Waals surface area contributed by atoms with E-state index in [1.165, 1.54) is 0 Å². The van der Waals surface area contributed by atoms with Crippen LogP contribution in [0.15, 0.2) is 77.3 Å². The van der Waals surface area contributed by atoms with Gasteiger partial charge in [0.05, 0.1) is 6.42 Å². The molecule has 0 aromatic heterocycles. The number of rotatable bonds is 9. The molecule has 0 fully saturated rings. The van der Waals surface area contributed by atoms with Crippen LogP contribution in [0.1, 0.15) is 30.5 Å². The third kappa shape index (κ3) is 7.33. The van der Waals surface area contributed by atoms with Crippen LogP contribution in [0, 0.1) is 0 Å². The highest BCUT2D eigenvalue weighted by atomic mass is 79.9. The van der Waals surface area contributed by atoms with E-state index in [0.717, 1.165) is 15.6 Å². The summed E-state index contributed by atoms with van der Waals surface area (Å²) in [7, 11) is 0. The summed E-state index contributed by atoms with van der Waals surface area (Å²) in [6.07, 6.45) is 0.382. The van der Waals surface area contributed by atoms with Gasteiger partial charge in [-0.2, -0.15) is 0 Å². The van der Waals surface area contributed by atoms with E-state index in [1.807, 2.05) is 68.4 Å². The predicted molar refractivity (Wildman–Crippen MR) is 142 cm³/mol. The first kappa shape index (κ1) is 26.3. The van der Waals surface area contributed by atoms with Gasteiger partial charge in [0.15, 0.2) is 0 Å². The van der Waals surface area contributed by atoms with E-state index in [9.17, 15) is 9.59 Å². The van der Waals surface area contributed by atoms with Crippen molar-refractivity contribution in [3.8, 4) is 0 Å². The molecule has 0 saturated carbocycles. The lowest BCUT2D eigenvalue weighted by Crippen LogP contribution is -2.52. The monoisotopic (exact) mass is 560 g/mol. The number of carbonyl (C=O) groups is 2. The van der Waals surface area contributed by atoms with Crippen molar-refractivity contribution in [2.75, 3.05) is 0 Å². The summed E-state index contributed by atoms with van der Waals surface area (Å²) in [5.41, 5.74) is 2.44. The zero-order valence-corrected chi connectivity index (χ0v) is 22.2. The van der Waals surface area contributed by atoms with Crippen molar-refractivity contribution in [3.05, 3.63) is 104 Å². The van der Waals surface area contributed by atoms with E-state index >= 15 is 0 Å². The number of hydrogen-bond acceptors (Lipinski definition) is 2. The van der Waals surface area contributed by atoms with E-state index in [2.05, 4.69) is 21.2 Å².